The van der Waals surface area contributed by atoms with Crippen LogP contribution in [0.2, 0.25) is 0 Å². The van der Waals surface area contributed by atoms with E-state index in [0.717, 1.165) is 22.8 Å². The smallest absolute Gasteiger partial charge is 0.343 e. The van der Waals surface area contributed by atoms with Crippen molar-refractivity contribution in [2.45, 2.75) is 26.5 Å². The van der Waals surface area contributed by atoms with Crippen molar-refractivity contribution in [3.8, 4) is 17.1 Å². The first-order chi connectivity index (χ1) is 17.8. The Morgan fingerprint density at radius 1 is 0.946 bits per heavy atom. The average Bonchev–Trinajstić information content (AvgIpc) is 3.37. The van der Waals surface area contributed by atoms with Gasteiger partial charge in [-0.15, -0.1) is 0 Å². The number of furan rings is 1. The third kappa shape index (κ3) is 6.49. The van der Waals surface area contributed by atoms with Crippen LogP contribution in [0.3, 0.4) is 0 Å². The van der Waals surface area contributed by atoms with Gasteiger partial charge in [0.15, 0.2) is 23.6 Å². The van der Waals surface area contributed by atoms with Crippen molar-refractivity contribution in [3.05, 3.63) is 113 Å². The fourth-order valence-corrected chi connectivity index (χ4v) is 3.57. The summed E-state index contributed by atoms with van der Waals surface area (Å²) < 4.78 is 30.4. The lowest BCUT2D eigenvalue weighted by atomic mass is 10.1. The zero-order chi connectivity index (χ0) is 26.4. The number of nitrogens with one attached hydrogen (secondary N) is 1. The molecule has 0 fully saturated rings. The zero-order valence-electron chi connectivity index (χ0n) is 20.2. The first-order valence-electron chi connectivity index (χ1n) is 11.5. The topological polar surface area (TPSA) is 94.8 Å². The molecule has 4 rings (SSSR count). The van der Waals surface area contributed by atoms with E-state index in [4.69, 9.17) is 13.9 Å². The molecule has 1 amide bonds. The lowest BCUT2D eigenvalue weighted by Crippen LogP contribution is -2.38. The molecule has 0 aliphatic heterocycles. The zero-order valence-corrected chi connectivity index (χ0v) is 20.2. The molecule has 0 saturated heterocycles. The van der Waals surface area contributed by atoms with Gasteiger partial charge < -0.3 is 19.2 Å². The van der Waals surface area contributed by atoms with Crippen LogP contribution in [0.25, 0.3) is 11.3 Å². The number of carbonyl (C=O) groups excluding carboxylic acids is 3. The quantitative estimate of drug-likeness (QED) is 0.143. The van der Waals surface area contributed by atoms with Crippen molar-refractivity contribution in [1.29, 1.82) is 0 Å². The van der Waals surface area contributed by atoms with E-state index in [1.54, 1.807) is 30.3 Å². The summed E-state index contributed by atoms with van der Waals surface area (Å²) in [5.74, 6) is -1.78. The predicted octanol–water partition coefficient (Wildman–Crippen LogP) is 5.39. The lowest BCUT2D eigenvalue weighted by Gasteiger charge is -2.16. The number of hydrogen-bond acceptors (Lipinski definition) is 6. The van der Waals surface area contributed by atoms with E-state index in [2.05, 4.69) is 5.32 Å². The van der Waals surface area contributed by atoms with Gasteiger partial charge in [-0.05, 0) is 55.8 Å². The number of aryl methyl sites for hydroxylation is 2. The van der Waals surface area contributed by atoms with Gasteiger partial charge in [-0.1, -0.05) is 53.6 Å². The summed E-state index contributed by atoms with van der Waals surface area (Å²) in [6.45, 7) is 4.04. The number of amides is 1. The standard InChI is InChI=1S/C29H24FNO6/c1-18-3-8-21(9-4-18)24-13-14-26(36-24)28(33)31-27(35-17-32)16-20-7-12-25(23(30)15-20)37-29(34)22-10-5-19(2)6-11-22/h3-15,17,27H,16H2,1-2H3,(H,31,33). The first kappa shape index (κ1) is 25.4. The average molecular weight is 502 g/mol. The van der Waals surface area contributed by atoms with Crippen molar-refractivity contribution >= 4 is 18.3 Å². The van der Waals surface area contributed by atoms with Crippen molar-refractivity contribution in [2.24, 2.45) is 0 Å². The van der Waals surface area contributed by atoms with Gasteiger partial charge in [0.1, 0.15) is 5.76 Å². The maximum atomic E-state index is 14.7. The van der Waals surface area contributed by atoms with Crippen LogP contribution in [-0.2, 0) is 16.0 Å². The van der Waals surface area contributed by atoms with Crippen LogP contribution in [-0.4, -0.2) is 24.6 Å². The number of ether oxygens (including phenoxy) is 2. The summed E-state index contributed by atoms with van der Waals surface area (Å²) in [6.07, 6.45) is -1.11. The highest BCUT2D eigenvalue weighted by Crippen LogP contribution is 2.23. The van der Waals surface area contributed by atoms with Gasteiger partial charge in [0.05, 0.1) is 5.56 Å². The van der Waals surface area contributed by atoms with Crippen molar-refractivity contribution < 1.29 is 32.7 Å². The second-order valence-electron chi connectivity index (χ2n) is 8.45. The van der Waals surface area contributed by atoms with E-state index >= 15 is 0 Å². The minimum Gasteiger partial charge on any atom is -0.451 e. The highest BCUT2D eigenvalue weighted by atomic mass is 19.1. The van der Waals surface area contributed by atoms with E-state index in [0.29, 0.717) is 16.9 Å². The maximum Gasteiger partial charge on any atom is 0.343 e. The summed E-state index contributed by atoms with van der Waals surface area (Å²) in [5.41, 5.74) is 3.57. The third-order valence-corrected chi connectivity index (χ3v) is 5.59. The van der Waals surface area contributed by atoms with E-state index in [9.17, 15) is 18.8 Å². The summed E-state index contributed by atoms with van der Waals surface area (Å²) >= 11 is 0. The predicted molar refractivity (Wildman–Crippen MR) is 134 cm³/mol. The Morgan fingerprint density at radius 2 is 1.62 bits per heavy atom. The molecule has 1 unspecified atom stereocenters. The van der Waals surface area contributed by atoms with Crippen molar-refractivity contribution in [3.63, 3.8) is 0 Å². The Morgan fingerprint density at radius 3 is 2.27 bits per heavy atom. The summed E-state index contributed by atoms with van der Waals surface area (Å²) in [5, 5.41) is 2.55. The Balaban J connectivity index is 1.41. The summed E-state index contributed by atoms with van der Waals surface area (Å²) in [4.78, 5) is 36.0. The molecule has 0 spiro atoms. The van der Waals surface area contributed by atoms with Crippen LogP contribution in [0, 0.1) is 19.7 Å². The number of hydrogen-bond donors (Lipinski definition) is 1. The molecule has 188 valence electrons. The van der Waals surface area contributed by atoms with Gasteiger partial charge in [0, 0.05) is 12.0 Å². The number of rotatable bonds is 9. The van der Waals surface area contributed by atoms with Crippen molar-refractivity contribution in [2.75, 3.05) is 0 Å². The number of esters is 1. The van der Waals surface area contributed by atoms with Gasteiger partial charge in [0.25, 0.3) is 12.4 Å². The maximum absolute atomic E-state index is 14.7. The Bertz CT molecular complexity index is 1410. The number of carbonyl (C=O) groups is 3. The summed E-state index contributed by atoms with van der Waals surface area (Å²) in [6, 6.07) is 21.5. The fourth-order valence-electron chi connectivity index (χ4n) is 3.57. The molecule has 0 aliphatic rings. The minimum absolute atomic E-state index is 0.0274. The molecular weight excluding hydrogens is 477 g/mol. The molecule has 0 aliphatic carbocycles. The molecule has 37 heavy (non-hydrogen) atoms. The molecule has 0 radical (unpaired) electrons. The highest BCUT2D eigenvalue weighted by molar-refractivity contribution is 5.92. The SMILES string of the molecule is Cc1ccc(C(=O)Oc2ccc(CC(NC(=O)c3ccc(-c4ccc(C)cc4)o3)OC=O)cc2F)cc1. The Kier molecular flexibility index (Phi) is 7.78. The molecule has 0 saturated carbocycles. The van der Waals surface area contributed by atoms with E-state index in [1.165, 1.54) is 18.2 Å². The van der Waals surface area contributed by atoms with Gasteiger partial charge in [0.2, 0.25) is 0 Å². The third-order valence-electron chi connectivity index (χ3n) is 5.59. The van der Waals surface area contributed by atoms with Crippen LogP contribution in [0.1, 0.15) is 37.6 Å². The van der Waals surface area contributed by atoms with E-state index < -0.39 is 23.9 Å². The van der Waals surface area contributed by atoms with Gasteiger partial charge in [-0.3, -0.25) is 9.59 Å². The molecule has 1 atom stereocenters. The molecule has 4 aromatic rings. The highest BCUT2D eigenvalue weighted by Gasteiger charge is 2.20. The molecule has 7 nitrogen and oxygen atoms in total. The van der Waals surface area contributed by atoms with E-state index in [-0.39, 0.29) is 24.4 Å². The minimum atomic E-state index is -1.08. The van der Waals surface area contributed by atoms with Gasteiger partial charge >= 0.3 is 5.97 Å². The number of benzene rings is 3. The first-order valence-corrected chi connectivity index (χ1v) is 11.5. The molecule has 1 heterocycles. The second-order valence-corrected chi connectivity index (χ2v) is 8.45. The van der Waals surface area contributed by atoms with Crippen molar-refractivity contribution in [1.82, 2.24) is 5.32 Å². The van der Waals surface area contributed by atoms with Crippen LogP contribution >= 0.6 is 0 Å². The monoisotopic (exact) mass is 501 g/mol. The van der Waals surface area contributed by atoms with Crippen LogP contribution < -0.4 is 10.1 Å². The molecule has 0 bridgehead atoms. The molecule has 1 N–H and O–H groups in total. The Labute approximate surface area is 212 Å². The molecule has 1 aromatic heterocycles. The van der Waals surface area contributed by atoms with Crippen LogP contribution in [0.15, 0.2) is 83.3 Å². The van der Waals surface area contributed by atoms with E-state index in [1.807, 2.05) is 38.1 Å². The molecule has 8 heteroatoms. The normalized spacial score (nSPS) is 11.4. The fraction of sp³-hybridized carbons (Fsp3) is 0.138. The van der Waals surface area contributed by atoms with Gasteiger partial charge in [-0.25, -0.2) is 9.18 Å². The molecular formula is C29H24FNO6. The van der Waals surface area contributed by atoms with Crippen LogP contribution in [0.5, 0.6) is 5.75 Å². The Hall–Kier alpha value is -4.72. The molecule has 3 aromatic carbocycles. The van der Waals surface area contributed by atoms with Crippen LogP contribution in [0.4, 0.5) is 4.39 Å². The van der Waals surface area contributed by atoms with Gasteiger partial charge in [-0.2, -0.15) is 0 Å². The largest absolute Gasteiger partial charge is 0.451 e. The second kappa shape index (κ2) is 11.3. The number of halogens is 1. The summed E-state index contributed by atoms with van der Waals surface area (Å²) in [7, 11) is 0. The lowest BCUT2D eigenvalue weighted by molar-refractivity contribution is -0.134.